The van der Waals surface area contributed by atoms with Crippen LogP contribution in [0.2, 0.25) is 0 Å². The molecule has 4 nitrogen and oxygen atoms in total. The summed E-state index contributed by atoms with van der Waals surface area (Å²) >= 11 is 3.41. The van der Waals surface area contributed by atoms with Gasteiger partial charge in [-0.2, -0.15) is 0 Å². The molecular formula is C14H20BrNO3. The second-order valence-corrected chi connectivity index (χ2v) is 5.19. The lowest BCUT2D eigenvalue weighted by Gasteiger charge is -2.20. The fourth-order valence-corrected chi connectivity index (χ4v) is 2.53. The SMILES string of the molecule is COc1ccc(C(=O)NC(CBr)C(C)C)c(OC)c1. The maximum absolute atomic E-state index is 12.2. The van der Waals surface area contributed by atoms with Gasteiger partial charge in [0.25, 0.3) is 5.91 Å². The van der Waals surface area contributed by atoms with Crippen LogP contribution in [0.4, 0.5) is 0 Å². The van der Waals surface area contributed by atoms with Crippen molar-refractivity contribution < 1.29 is 14.3 Å². The van der Waals surface area contributed by atoms with Gasteiger partial charge in [0, 0.05) is 17.4 Å². The van der Waals surface area contributed by atoms with Crippen LogP contribution in [0, 0.1) is 5.92 Å². The van der Waals surface area contributed by atoms with Crippen molar-refractivity contribution >= 4 is 21.8 Å². The van der Waals surface area contributed by atoms with Crippen LogP contribution in [-0.4, -0.2) is 31.5 Å². The van der Waals surface area contributed by atoms with Crippen LogP contribution >= 0.6 is 15.9 Å². The van der Waals surface area contributed by atoms with Crippen LogP contribution in [0.15, 0.2) is 18.2 Å². The van der Waals surface area contributed by atoms with Crippen molar-refractivity contribution in [3.8, 4) is 11.5 Å². The van der Waals surface area contributed by atoms with E-state index in [4.69, 9.17) is 9.47 Å². The summed E-state index contributed by atoms with van der Waals surface area (Å²) in [5.74, 6) is 1.38. The van der Waals surface area contributed by atoms with Crippen LogP contribution in [0.1, 0.15) is 24.2 Å². The molecule has 1 atom stereocenters. The predicted octanol–water partition coefficient (Wildman–Crippen LogP) is 2.85. The van der Waals surface area contributed by atoms with Crippen LogP contribution in [0.25, 0.3) is 0 Å². The van der Waals surface area contributed by atoms with E-state index in [1.54, 1.807) is 25.3 Å². The standard InChI is InChI=1S/C14H20BrNO3/c1-9(2)12(8-15)16-14(17)11-6-5-10(18-3)7-13(11)19-4/h5-7,9,12H,8H2,1-4H3,(H,16,17). The van der Waals surface area contributed by atoms with Gasteiger partial charge in [-0.3, -0.25) is 4.79 Å². The number of benzene rings is 1. The smallest absolute Gasteiger partial charge is 0.255 e. The Morgan fingerprint density at radius 3 is 2.47 bits per heavy atom. The van der Waals surface area contributed by atoms with E-state index in [0.29, 0.717) is 23.0 Å². The topological polar surface area (TPSA) is 47.6 Å². The maximum atomic E-state index is 12.2. The van der Waals surface area contributed by atoms with E-state index in [9.17, 15) is 4.79 Å². The molecule has 1 aromatic carbocycles. The average Bonchev–Trinajstić information content (AvgIpc) is 2.43. The number of carbonyl (C=O) groups excluding carboxylic acids is 1. The number of amides is 1. The van der Waals surface area contributed by atoms with Crippen LogP contribution in [0.3, 0.4) is 0 Å². The maximum Gasteiger partial charge on any atom is 0.255 e. The third kappa shape index (κ3) is 4.13. The molecular weight excluding hydrogens is 310 g/mol. The molecule has 0 fully saturated rings. The number of hydrogen-bond acceptors (Lipinski definition) is 3. The Hall–Kier alpha value is -1.23. The highest BCUT2D eigenvalue weighted by Crippen LogP contribution is 2.24. The number of nitrogens with one attached hydrogen (secondary N) is 1. The molecule has 0 spiro atoms. The van der Waals surface area contributed by atoms with Gasteiger partial charge < -0.3 is 14.8 Å². The van der Waals surface area contributed by atoms with E-state index < -0.39 is 0 Å². The molecule has 0 aromatic heterocycles. The van der Waals surface area contributed by atoms with Crippen molar-refractivity contribution in [1.29, 1.82) is 0 Å². The zero-order chi connectivity index (χ0) is 14.4. The van der Waals surface area contributed by atoms with Gasteiger partial charge in [0.05, 0.1) is 19.8 Å². The molecule has 0 heterocycles. The minimum absolute atomic E-state index is 0.0827. The van der Waals surface area contributed by atoms with Crippen molar-refractivity contribution in [2.75, 3.05) is 19.5 Å². The van der Waals surface area contributed by atoms with Gasteiger partial charge in [0.1, 0.15) is 11.5 Å². The molecule has 0 aliphatic rings. The minimum atomic E-state index is -0.141. The van der Waals surface area contributed by atoms with Crippen molar-refractivity contribution in [3.63, 3.8) is 0 Å². The van der Waals surface area contributed by atoms with Gasteiger partial charge in [-0.25, -0.2) is 0 Å². The average molecular weight is 330 g/mol. The highest BCUT2D eigenvalue weighted by molar-refractivity contribution is 9.09. The molecule has 0 bridgehead atoms. The molecule has 1 unspecified atom stereocenters. The summed E-state index contributed by atoms with van der Waals surface area (Å²) in [7, 11) is 3.12. The van der Waals surface area contributed by atoms with Gasteiger partial charge in [0.15, 0.2) is 0 Å². The number of ether oxygens (including phenoxy) is 2. The second kappa shape index (κ2) is 7.38. The van der Waals surface area contributed by atoms with Crippen LogP contribution in [-0.2, 0) is 0 Å². The highest BCUT2D eigenvalue weighted by atomic mass is 79.9. The molecule has 1 rings (SSSR count). The zero-order valence-electron chi connectivity index (χ0n) is 11.7. The van der Waals surface area contributed by atoms with E-state index in [1.165, 1.54) is 7.11 Å². The Morgan fingerprint density at radius 2 is 2.00 bits per heavy atom. The molecule has 0 saturated carbocycles. The first-order chi connectivity index (χ1) is 9.03. The molecule has 1 amide bonds. The van der Waals surface area contributed by atoms with Gasteiger partial charge >= 0.3 is 0 Å². The molecule has 0 aliphatic heterocycles. The van der Waals surface area contributed by atoms with Gasteiger partial charge in [-0.05, 0) is 18.1 Å². The summed E-state index contributed by atoms with van der Waals surface area (Å²) in [6.07, 6.45) is 0. The summed E-state index contributed by atoms with van der Waals surface area (Å²) in [5.41, 5.74) is 0.509. The van der Waals surface area contributed by atoms with Crippen molar-refractivity contribution in [1.82, 2.24) is 5.32 Å². The number of hydrogen-bond donors (Lipinski definition) is 1. The third-order valence-corrected chi connectivity index (χ3v) is 3.64. The van der Waals surface area contributed by atoms with Crippen molar-refractivity contribution in [2.45, 2.75) is 19.9 Å². The highest BCUT2D eigenvalue weighted by Gasteiger charge is 2.19. The second-order valence-electron chi connectivity index (χ2n) is 4.54. The monoisotopic (exact) mass is 329 g/mol. The van der Waals surface area contributed by atoms with Crippen molar-refractivity contribution in [3.05, 3.63) is 23.8 Å². The first-order valence-corrected chi connectivity index (χ1v) is 7.24. The van der Waals surface area contributed by atoms with E-state index in [0.717, 1.165) is 5.33 Å². The van der Waals surface area contributed by atoms with E-state index in [-0.39, 0.29) is 11.9 Å². The van der Waals surface area contributed by atoms with Gasteiger partial charge in [0.2, 0.25) is 0 Å². The van der Waals surface area contributed by atoms with E-state index in [1.807, 2.05) is 0 Å². The summed E-state index contributed by atoms with van der Waals surface area (Å²) in [4.78, 5) is 12.2. The predicted molar refractivity (Wildman–Crippen MR) is 79.4 cm³/mol. The van der Waals surface area contributed by atoms with E-state index in [2.05, 4.69) is 35.1 Å². The molecule has 0 radical (unpaired) electrons. The number of carbonyl (C=O) groups is 1. The van der Waals surface area contributed by atoms with Crippen LogP contribution in [0.5, 0.6) is 11.5 Å². The summed E-state index contributed by atoms with van der Waals surface area (Å²) < 4.78 is 10.3. The minimum Gasteiger partial charge on any atom is -0.497 e. The Bertz CT molecular complexity index is 435. The molecule has 1 N–H and O–H groups in total. The molecule has 106 valence electrons. The number of rotatable bonds is 6. The largest absolute Gasteiger partial charge is 0.497 e. The first kappa shape index (κ1) is 15.8. The lowest BCUT2D eigenvalue weighted by atomic mass is 10.1. The fraction of sp³-hybridized carbons (Fsp3) is 0.500. The Balaban J connectivity index is 2.93. The number of methoxy groups -OCH3 is 2. The summed E-state index contributed by atoms with van der Waals surface area (Å²) in [5, 5.41) is 3.71. The van der Waals surface area contributed by atoms with Crippen LogP contribution < -0.4 is 14.8 Å². The fourth-order valence-electron chi connectivity index (χ4n) is 1.62. The first-order valence-electron chi connectivity index (χ1n) is 6.12. The van der Waals surface area contributed by atoms with Crippen molar-refractivity contribution in [2.24, 2.45) is 5.92 Å². The molecule has 0 aliphatic carbocycles. The third-order valence-electron chi connectivity index (χ3n) is 2.94. The Kier molecular flexibility index (Phi) is 6.15. The van der Waals surface area contributed by atoms with Gasteiger partial charge in [-0.15, -0.1) is 0 Å². The summed E-state index contributed by atoms with van der Waals surface area (Å²) in [6, 6.07) is 5.24. The molecule has 19 heavy (non-hydrogen) atoms. The normalized spacial score (nSPS) is 12.1. The Morgan fingerprint density at radius 1 is 1.32 bits per heavy atom. The quantitative estimate of drug-likeness (QED) is 0.816. The zero-order valence-corrected chi connectivity index (χ0v) is 13.3. The molecule has 0 saturated heterocycles. The number of alkyl halides is 1. The number of halogens is 1. The molecule has 1 aromatic rings. The Labute approximate surface area is 122 Å². The molecule has 5 heteroatoms. The summed E-state index contributed by atoms with van der Waals surface area (Å²) in [6.45, 7) is 4.13. The van der Waals surface area contributed by atoms with E-state index >= 15 is 0 Å². The van der Waals surface area contributed by atoms with Gasteiger partial charge in [-0.1, -0.05) is 29.8 Å². The lowest BCUT2D eigenvalue weighted by Crippen LogP contribution is -2.39. The lowest BCUT2D eigenvalue weighted by molar-refractivity contribution is 0.0928.